The molecule has 1 aliphatic rings. The van der Waals surface area contributed by atoms with Crippen molar-refractivity contribution in [2.24, 2.45) is 0 Å². The quantitative estimate of drug-likeness (QED) is 0.772. The van der Waals surface area contributed by atoms with E-state index >= 15 is 0 Å². The van der Waals surface area contributed by atoms with Crippen LogP contribution in [0.3, 0.4) is 0 Å². The zero-order valence-corrected chi connectivity index (χ0v) is 8.99. The van der Waals surface area contributed by atoms with Gasteiger partial charge in [-0.15, -0.1) is 0 Å². The third-order valence-corrected chi connectivity index (χ3v) is 3.07. The van der Waals surface area contributed by atoms with Crippen molar-refractivity contribution in [3.63, 3.8) is 0 Å². The summed E-state index contributed by atoms with van der Waals surface area (Å²) in [6.07, 6.45) is 1.56. The Morgan fingerprint density at radius 2 is 2.43 bits per heavy atom. The molecule has 1 N–H and O–H groups in total. The number of carbonyl (C=O) groups is 1. The molecule has 2 heterocycles. The van der Waals surface area contributed by atoms with E-state index in [2.05, 4.69) is 20.9 Å². The van der Waals surface area contributed by atoms with Crippen molar-refractivity contribution in [1.29, 1.82) is 0 Å². The molecule has 0 saturated carbocycles. The van der Waals surface area contributed by atoms with Crippen LogP contribution in [0.1, 0.15) is 11.3 Å². The fourth-order valence-corrected chi connectivity index (χ4v) is 2.04. The molecule has 0 unspecified atom stereocenters. The van der Waals surface area contributed by atoms with Crippen molar-refractivity contribution < 1.29 is 9.90 Å². The van der Waals surface area contributed by atoms with Gasteiger partial charge in [-0.1, -0.05) is 15.9 Å². The van der Waals surface area contributed by atoms with E-state index in [1.54, 1.807) is 6.20 Å². The molecule has 2 rings (SSSR count). The number of carboxylic acid groups (broad SMARTS) is 1. The van der Waals surface area contributed by atoms with Gasteiger partial charge in [0.15, 0.2) is 0 Å². The fraction of sp³-hybridized carbons (Fsp3) is 0.333. The van der Waals surface area contributed by atoms with Crippen LogP contribution in [0.2, 0.25) is 0 Å². The van der Waals surface area contributed by atoms with Crippen LogP contribution in [0.4, 0.5) is 4.79 Å². The minimum absolute atomic E-state index is 0.430. The molecular weight excluding hydrogens is 248 g/mol. The van der Waals surface area contributed by atoms with Gasteiger partial charge in [0.1, 0.15) is 0 Å². The fourth-order valence-electron chi connectivity index (χ4n) is 1.57. The molecule has 0 aromatic carbocycles. The van der Waals surface area contributed by atoms with Gasteiger partial charge >= 0.3 is 6.09 Å². The standard InChI is InChI=1S/C9H9BrN2O2/c10-7-1-3-11-8-2-4-12(9(13)14)5-6(7)8/h1,3H,2,4-5H2,(H,13,14). The van der Waals surface area contributed by atoms with Gasteiger partial charge in [-0.3, -0.25) is 4.98 Å². The van der Waals surface area contributed by atoms with E-state index < -0.39 is 6.09 Å². The predicted octanol–water partition coefficient (Wildman–Crippen LogP) is 1.88. The third-order valence-electron chi connectivity index (χ3n) is 2.33. The molecule has 0 fully saturated rings. The SMILES string of the molecule is O=C(O)N1CCc2nccc(Br)c2C1. The lowest BCUT2D eigenvalue weighted by molar-refractivity contribution is 0.139. The summed E-state index contributed by atoms with van der Waals surface area (Å²) in [6, 6.07) is 1.84. The van der Waals surface area contributed by atoms with Gasteiger partial charge in [0.05, 0.1) is 6.54 Å². The normalized spacial score (nSPS) is 15.1. The Kier molecular flexibility index (Phi) is 2.41. The maximum atomic E-state index is 10.8. The van der Waals surface area contributed by atoms with Gasteiger partial charge in [0.2, 0.25) is 0 Å². The second kappa shape index (κ2) is 3.57. The topological polar surface area (TPSA) is 53.4 Å². The highest BCUT2D eigenvalue weighted by Crippen LogP contribution is 2.24. The monoisotopic (exact) mass is 256 g/mol. The van der Waals surface area contributed by atoms with E-state index in [0.717, 1.165) is 15.7 Å². The molecule has 1 aliphatic heterocycles. The molecule has 0 spiro atoms. The Balaban J connectivity index is 2.33. The second-order valence-electron chi connectivity index (χ2n) is 3.17. The number of pyridine rings is 1. The summed E-state index contributed by atoms with van der Waals surface area (Å²) in [7, 11) is 0. The van der Waals surface area contributed by atoms with Crippen LogP contribution in [-0.4, -0.2) is 27.6 Å². The summed E-state index contributed by atoms with van der Waals surface area (Å²) in [5.74, 6) is 0. The van der Waals surface area contributed by atoms with E-state index in [9.17, 15) is 4.79 Å². The third kappa shape index (κ3) is 1.59. The van der Waals surface area contributed by atoms with Crippen molar-refractivity contribution in [1.82, 2.24) is 9.88 Å². The highest BCUT2D eigenvalue weighted by molar-refractivity contribution is 9.10. The number of rotatable bonds is 0. The van der Waals surface area contributed by atoms with Gasteiger partial charge in [-0.05, 0) is 6.07 Å². The number of aromatic nitrogens is 1. The van der Waals surface area contributed by atoms with Gasteiger partial charge in [0.25, 0.3) is 0 Å². The zero-order valence-electron chi connectivity index (χ0n) is 7.40. The summed E-state index contributed by atoms with van der Waals surface area (Å²) < 4.78 is 0.938. The van der Waals surface area contributed by atoms with Crippen LogP contribution in [0.25, 0.3) is 0 Å². The molecule has 0 saturated heterocycles. The minimum atomic E-state index is -0.869. The molecule has 1 amide bonds. The summed E-state index contributed by atoms with van der Waals surface area (Å²) >= 11 is 3.40. The van der Waals surface area contributed by atoms with Crippen LogP contribution >= 0.6 is 15.9 Å². The predicted molar refractivity (Wildman–Crippen MR) is 54.1 cm³/mol. The zero-order chi connectivity index (χ0) is 10.1. The summed E-state index contributed by atoms with van der Waals surface area (Å²) in [6.45, 7) is 0.963. The van der Waals surface area contributed by atoms with Crippen molar-refractivity contribution in [2.45, 2.75) is 13.0 Å². The maximum Gasteiger partial charge on any atom is 0.407 e. The lowest BCUT2D eigenvalue weighted by Gasteiger charge is -2.26. The lowest BCUT2D eigenvalue weighted by Crippen LogP contribution is -2.35. The maximum absolute atomic E-state index is 10.8. The molecule has 74 valence electrons. The molecule has 5 heteroatoms. The smallest absolute Gasteiger partial charge is 0.407 e. The molecule has 1 aromatic rings. The van der Waals surface area contributed by atoms with Crippen LogP contribution in [-0.2, 0) is 13.0 Å². The van der Waals surface area contributed by atoms with Crippen LogP contribution in [0.15, 0.2) is 16.7 Å². The number of hydrogen-bond donors (Lipinski definition) is 1. The van der Waals surface area contributed by atoms with Gasteiger partial charge in [0, 0.05) is 34.9 Å². The molecule has 0 radical (unpaired) electrons. The van der Waals surface area contributed by atoms with Crippen molar-refractivity contribution in [3.05, 3.63) is 28.0 Å². The number of fused-ring (bicyclic) bond motifs is 1. The first kappa shape index (κ1) is 9.45. The first-order valence-electron chi connectivity index (χ1n) is 4.28. The Hall–Kier alpha value is -1.10. The van der Waals surface area contributed by atoms with E-state index in [-0.39, 0.29) is 0 Å². The van der Waals surface area contributed by atoms with E-state index in [1.807, 2.05) is 6.07 Å². The Morgan fingerprint density at radius 1 is 1.64 bits per heavy atom. The van der Waals surface area contributed by atoms with Gasteiger partial charge < -0.3 is 10.0 Å². The summed E-state index contributed by atoms with van der Waals surface area (Å²) in [5.41, 5.74) is 1.98. The minimum Gasteiger partial charge on any atom is -0.465 e. The van der Waals surface area contributed by atoms with Crippen molar-refractivity contribution in [3.8, 4) is 0 Å². The summed E-state index contributed by atoms with van der Waals surface area (Å²) in [4.78, 5) is 16.4. The Bertz CT molecular complexity index is 381. The van der Waals surface area contributed by atoms with Gasteiger partial charge in [-0.25, -0.2) is 4.79 Å². The van der Waals surface area contributed by atoms with Gasteiger partial charge in [-0.2, -0.15) is 0 Å². The molecule has 0 atom stereocenters. The molecular formula is C9H9BrN2O2. The summed E-state index contributed by atoms with van der Waals surface area (Å²) in [5, 5.41) is 8.84. The molecule has 14 heavy (non-hydrogen) atoms. The largest absolute Gasteiger partial charge is 0.465 e. The van der Waals surface area contributed by atoms with Crippen molar-refractivity contribution >= 4 is 22.0 Å². The number of hydrogen-bond acceptors (Lipinski definition) is 2. The number of halogens is 1. The first-order valence-corrected chi connectivity index (χ1v) is 5.08. The molecule has 0 bridgehead atoms. The van der Waals surface area contributed by atoms with Crippen LogP contribution < -0.4 is 0 Å². The lowest BCUT2D eigenvalue weighted by atomic mass is 10.1. The molecule has 4 nitrogen and oxygen atoms in total. The highest BCUT2D eigenvalue weighted by Gasteiger charge is 2.22. The Labute approximate surface area is 89.7 Å². The average Bonchev–Trinajstić information content (AvgIpc) is 2.18. The first-order chi connectivity index (χ1) is 6.68. The molecule has 0 aliphatic carbocycles. The van der Waals surface area contributed by atoms with Crippen LogP contribution in [0, 0.1) is 0 Å². The highest BCUT2D eigenvalue weighted by atomic mass is 79.9. The number of amides is 1. The second-order valence-corrected chi connectivity index (χ2v) is 4.03. The Morgan fingerprint density at radius 3 is 3.14 bits per heavy atom. The van der Waals surface area contributed by atoms with E-state index in [0.29, 0.717) is 19.5 Å². The van der Waals surface area contributed by atoms with Crippen molar-refractivity contribution in [2.75, 3.05) is 6.54 Å². The average molecular weight is 257 g/mol. The van der Waals surface area contributed by atoms with E-state index in [4.69, 9.17) is 5.11 Å². The van der Waals surface area contributed by atoms with Crippen LogP contribution in [0.5, 0.6) is 0 Å². The number of nitrogens with zero attached hydrogens (tertiary/aromatic N) is 2. The van der Waals surface area contributed by atoms with E-state index in [1.165, 1.54) is 4.90 Å². The molecule has 1 aromatic heterocycles.